The zero-order valence-electron chi connectivity index (χ0n) is 9.90. The smallest absolute Gasteiger partial charge is 0.118 e. The van der Waals surface area contributed by atoms with E-state index in [-0.39, 0.29) is 0 Å². The van der Waals surface area contributed by atoms with Gasteiger partial charge in [0.25, 0.3) is 0 Å². The third-order valence-corrected chi connectivity index (χ3v) is 3.40. The summed E-state index contributed by atoms with van der Waals surface area (Å²) in [6.07, 6.45) is 2.84. The highest BCUT2D eigenvalue weighted by Gasteiger charge is 2.09. The molecular formula is C14H17IO2. The minimum absolute atomic E-state index is 0.470. The Morgan fingerprint density at radius 2 is 2.12 bits per heavy atom. The van der Waals surface area contributed by atoms with E-state index in [0.717, 1.165) is 17.7 Å². The predicted octanol–water partition coefficient (Wildman–Crippen LogP) is 4.01. The van der Waals surface area contributed by atoms with Gasteiger partial charge in [-0.15, -0.1) is 6.58 Å². The van der Waals surface area contributed by atoms with Crippen LogP contribution in [0.3, 0.4) is 0 Å². The molecule has 0 heterocycles. The summed E-state index contributed by atoms with van der Waals surface area (Å²) in [6, 6.07) is 7.50. The molecule has 0 unspecified atom stereocenters. The van der Waals surface area contributed by atoms with Gasteiger partial charge in [-0.3, -0.25) is 0 Å². The molecule has 1 aromatic carbocycles. The first-order chi connectivity index (χ1) is 8.21. The first kappa shape index (κ1) is 14.3. The van der Waals surface area contributed by atoms with Crippen molar-refractivity contribution in [3.63, 3.8) is 0 Å². The van der Waals surface area contributed by atoms with E-state index >= 15 is 0 Å². The lowest BCUT2D eigenvalue weighted by Crippen LogP contribution is -1.99. The molecule has 17 heavy (non-hydrogen) atoms. The molecule has 1 aromatic rings. The van der Waals surface area contributed by atoms with Gasteiger partial charge < -0.3 is 9.84 Å². The molecule has 0 aliphatic heterocycles. The van der Waals surface area contributed by atoms with Gasteiger partial charge in [-0.2, -0.15) is 0 Å². The number of ether oxygens (including phenoxy) is 1. The Morgan fingerprint density at radius 1 is 1.47 bits per heavy atom. The van der Waals surface area contributed by atoms with Gasteiger partial charge in [0.1, 0.15) is 5.75 Å². The van der Waals surface area contributed by atoms with Crippen LogP contribution in [0.4, 0.5) is 0 Å². The Kier molecular flexibility index (Phi) is 6.29. The number of halogens is 1. The van der Waals surface area contributed by atoms with Gasteiger partial charge in [0.05, 0.1) is 13.2 Å². The molecule has 3 heteroatoms. The second-order valence-electron chi connectivity index (χ2n) is 3.75. The molecule has 0 radical (unpaired) electrons. The molecule has 0 saturated heterocycles. The number of benzene rings is 1. The molecular weight excluding hydrogens is 327 g/mol. The van der Waals surface area contributed by atoms with E-state index in [2.05, 4.69) is 29.2 Å². The van der Waals surface area contributed by atoms with Crippen LogP contribution < -0.4 is 4.74 Å². The Hall–Kier alpha value is -0.810. The zero-order chi connectivity index (χ0) is 12.7. The topological polar surface area (TPSA) is 29.5 Å². The van der Waals surface area contributed by atoms with Crippen molar-refractivity contribution in [2.75, 3.05) is 7.11 Å². The summed E-state index contributed by atoms with van der Waals surface area (Å²) in [5.41, 5.74) is 2.09. The normalized spacial score (nSPS) is 13.2. The van der Waals surface area contributed by atoms with Crippen LogP contribution >= 0.6 is 22.6 Å². The number of rotatable bonds is 6. The third kappa shape index (κ3) is 4.52. The van der Waals surface area contributed by atoms with Gasteiger partial charge in [-0.05, 0) is 34.6 Å². The third-order valence-electron chi connectivity index (χ3n) is 2.52. The molecule has 1 rings (SSSR count). The number of methoxy groups -OCH3 is 1. The highest BCUT2D eigenvalue weighted by Crippen LogP contribution is 2.25. The van der Waals surface area contributed by atoms with Crippen LogP contribution in [0.15, 0.2) is 46.6 Å². The summed E-state index contributed by atoms with van der Waals surface area (Å²) in [7, 11) is 1.63. The molecule has 0 aliphatic carbocycles. The van der Waals surface area contributed by atoms with Gasteiger partial charge in [0, 0.05) is 0 Å². The first-order valence-corrected chi connectivity index (χ1v) is 6.66. The second-order valence-corrected chi connectivity index (χ2v) is 4.38. The van der Waals surface area contributed by atoms with Crippen molar-refractivity contribution in [1.82, 2.24) is 0 Å². The second kappa shape index (κ2) is 7.50. The Labute approximate surface area is 116 Å². The average molecular weight is 344 g/mol. The van der Waals surface area contributed by atoms with Crippen molar-refractivity contribution in [2.45, 2.75) is 18.9 Å². The summed E-state index contributed by atoms with van der Waals surface area (Å²) < 4.78 is 7.09. The van der Waals surface area contributed by atoms with E-state index in [0.29, 0.717) is 6.42 Å². The standard InChI is InChI=1S/C14H17IO2/c1-3-4-11(10-15)9-14(16)12-5-7-13(17-2)8-6-12/h3,5-8,10,14,16H,1,4,9H2,2H3/b11-10-/t14-/m0/s1. The molecule has 0 amide bonds. The first-order valence-electron chi connectivity index (χ1n) is 5.42. The minimum Gasteiger partial charge on any atom is -0.497 e. The molecule has 0 bridgehead atoms. The SMILES string of the molecule is C=CC/C(=C/I)C[C@H](O)c1ccc(OC)cc1. The van der Waals surface area contributed by atoms with Gasteiger partial charge >= 0.3 is 0 Å². The molecule has 0 aromatic heterocycles. The van der Waals surface area contributed by atoms with E-state index in [4.69, 9.17) is 4.74 Å². The highest BCUT2D eigenvalue weighted by atomic mass is 127. The molecule has 0 spiro atoms. The molecule has 1 atom stereocenters. The van der Waals surface area contributed by atoms with Crippen LogP contribution in [0.25, 0.3) is 0 Å². The fourth-order valence-corrected chi connectivity index (χ4v) is 2.06. The number of hydrogen-bond acceptors (Lipinski definition) is 2. The fraction of sp³-hybridized carbons (Fsp3) is 0.286. The van der Waals surface area contributed by atoms with Gasteiger partial charge in [0.15, 0.2) is 0 Å². The number of aliphatic hydroxyl groups is 1. The molecule has 0 saturated carbocycles. The fourth-order valence-electron chi connectivity index (χ4n) is 1.55. The Morgan fingerprint density at radius 3 is 2.59 bits per heavy atom. The van der Waals surface area contributed by atoms with Gasteiger partial charge in [0.2, 0.25) is 0 Å². The van der Waals surface area contributed by atoms with E-state index in [1.165, 1.54) is 5.57 Å². The van der Waals surface area contributed by atoms with Crippen molar-refractivity contribution in [2.24, 2.45) is 0 Å². The van der Waals surface area contributed by atoms with Crippen molar-refractivity contribution in [1.29, 1.82) is 0 Å². The summed E-state index contributed by atoms with van der Waals surface area (Å²) in [4.78, 5) is 0. The summed E-state index contributed by atoms with van der Waals surface area (Å²) in [6.45, 7) is 3.71. The quantitative estimate of drug-likeness (QED) is 0.624. The molecule has 2 nitrogen and oxygen atoms in total. The van der Waals surface area contributed by atoms with E-state index in [9.17, 15) is 5.11 Å². The lowest BCUT2D eigenvalue weighted by molar-refractivity contribution is 0.177. The predicted molar refractivity (Wildman–Crippen MR) is 79.5 cm³/mol. The summed E-state index contributed by atoms with van der Waals surface area (Å²) >= 11 is 2.20. The number of allylic oxidation sites excluding steroid dienone is 1. The van der Waals surface area contributed by atoms with Crippen LogP contribution in [0, 0.1) is 0 Å². The Bertz CT molecular complexity index is 382. The van der Waals surface area contributed by atoms with Gasteiger partial charge in [-0.1, -0.05) is 46.4 Å². The van der Waals surface area contributed by atoms with Crippen LogP contribution in [0.1, 0.15) is 24.5 Å². The molecule has 1 N–H and O–H groups in total. The van der Waals surface area contributed by atoms with Crippen LogP contribution in [0.2, 0.25) is 0 Å². The van der Waals surface area contributed by atoms with E-state index in [1.54, 1.807) is 7.11 Å². The maximum absolute atomic E-state index is 10.1. The van der Waals surface area contributed by atoms with Crippen molar-refractivity contribution in [3.8, 4) is 5.75 Å². The monoisotopic (exact) mass is 344 g/mol. The maximum Gasteiger partial charge on any atom is 0.118 e. The minimum atomic E-state index is -0.470. The average Bonchev–Trinajstić information content (AvgIpc) is 2.38. The summed E-state index contributed by atoms with van der Waals surface area (Å²) in [5.74, 6) is 0.802. The van der Waals surface area contributed by atoms with Crippen LogP contribution in [0.5, 0.6) is 5.75 Å². The Balaban J connectivity index is 2.68. The van der Waals surface area contributed by atoms with Crippen LogP contribution in [-0.2, 0) is 0 Å². The van der Waals surface area contributed by atoms with Crippen molar-refractivity contribution < 1.29 is 9.84 Å². The van der Waals surface area contributed by atoms with Crippen LogP contribution in [-0.4, -0.2) is 12.2 Å². The van der Waals surface area contributed by atoms with Crippen molar-refractivity contribution in [3.05, 3.63) is 52.1 Å². The molecule has 92 valence electrons. The summed E-state index contributed by atoms with van der Waals surface area (Å²) in [5, 5.41) is 10.1. The van der Waals surface area contributed by atoms with E-state index in [1.807, 2.05) is 34.4 Å². The zero-order valence-corrected chi connectivity index (χ0v) is 12.1. The molecule has 0 aliphatic rings. The maximum atomic E-state index is 10.1. The van der Waals surface area contributed by atoms with E-state index < -0.39 is 6.10 Å². The largest absolute Gasteiger partial charge is 0.497 e. The number of hydrogen-bond donors (Lipinski definition) is 1. The lowest BCUT2D eigenvalue weighted by atomic mass is 10.0. The number of aliphatic hydroxyl groups excluding tert-OH is 1. The lowest BCUT2D eigenvalue weighted by Gasteiger charge is -2.13. The molecule has 0 fully saturated rings. The van der Waals surface area contributed by atoms with Crippen molar-refractivity contribution >= 4 is 22.6 Å². The highest BCUT2D eigenvalue weighted by molar-refractivity contribution is 14.1. The van der Waals surface area contributed by atoms with Gasteiger partial charge in [-0.25, -0.2) is 0 Å².